The van der Waals surface area contributed by atoms with Gasteiger partial charge in [-0.2, -0.15) is 5.26 Å². The summed E-state index contributed by atoms with van der Waals surface area (Å²) < 4.78 is 0. The minimum atomic E-state index is 0.00942. The molecule has 116 valence electrons. The summed E-state index contributed by atoms with van der Waals surface area (Å²) in [6, 6.07) is 9.88. The summed E-state index contributed by atoms with van der Waals surface area (Å²) in [5, 5.41) is 9.20. The maximum absolute atomic E-state index is 12.4. The van der Waals surface area contributed by atoms with Crippen molar-refractivity contribution in [3.8, 4) is 6.07 Å². The molecule has 1 saturated carbocycles. The van der Waals surface area contributed by atoms with Crippen LogP contribution >= 0.6 is 0 Å². The van der Waals surface area contributed by atoms with E-state index in [9.17, 15) is 10.1 Å². The van der Waals surface area contributed by atoms with Crippen LogP contribution in [0.4, 0.5) is 0 Å². The summed E-state index contributed by atoms with van der Waals surface area (Å²) in [4.78, 5) is 22.2. The number of nitrogens with zero attached hydrogens (tertiary/aromatic N) is 3. The van der Waals surface area contributed by atoms with Crippen LogP contribution in [-0.4, -0.2) is 21.4 Å². The van der Waals surface area contributed by atoms with Crippen molar-refractivity contribution >= 4 is 0 Å². The van der Waals surface area contributed by atoms with E-state index in [0.717, 1.165) is 48.5 Å². The highest BCUT2D eigenvalue weighted by Crippen LogP contribution is 2.37. The lowest BCUT2D eigenvalue weighted by Gasteiger charge is -2.28. The third-order valence-electron chi connectivity index (χ3n) is 4.66. The molecule has 1 fully saturated rings. The number of nitrogens with one attached hydrogen (secondary N) is 1. The molecule has 4 rings (SSSR count). The van der Waals surface area contributed by atoms with Crippen LogP contribution in [0.1, 0.15) is 47.0 Å². The minimum absolute atomic E-state index is 0.00942. The molecule has 1 aromatic heterocycles. The molecule has 1 aromatic carbocycles. The molecule has 5 nitrogen and oxygen atoms in total. The molecule has 0 bridgehead atoms. The SMILES string of the molecule is N#Cc1ccccc1CN1CCc2nc(C3CC3)[nH]c(=O)c2C1. The van der Waals surface area contributed by atoms with Crippen LogP contribution in [-0.2, 0) is 19.5 Å². The Morgan fingerprint density at radius 1 is 1.35 bits per heavy atom. The van der Waals surface area contributed by atoms with Crippen molar-refractivity contribution in [1.29, 1.82) is 5.26 Å². The van der Waals surface area contributed by atoms with Gasteiger partial charge in [0, 0.05) is 32.0 Å². The number of hydrogen-bond acceptors (Lipinski definition) is 4. The zero-order valence-corrected chi connectivity index (χ0v) is 12.9. The van der Waals surface area contributed by atoms with Gasteiger partial charge in [0.05, 0.1) is 22.9 Å². The smallest absolute Gasteiger partial charge is 0.255 e. The molecule has 0 amide bonds. The molecule has 0 radical (unpaired) electrons. The fourth-order valence-electron chi connectivity index (χ4n) is 3.19. The van der Waals surface area contributed by atoms with Gasteiger partial charge in [0.15, 0.2) is 0 Å². The Kier molecular flexibility index (Phi) is 3.47. The van der Waals surface area contributed by atoms with Gasteiger partial charge < -0.3 is 4.98 Å². The second-order valence-corrected chi connectivity index (χ2v) is 6.38. The fraction of sp³-hybridized carbons (Fsp3) is 0.389. The summed E-state index contributed by atoms with van der Waals surface area (Å²) in [5.41, 5.74) is 3.47. The van der Waals surface area contributed by atoms with Crippen LogP contribution in [0.25, 0.3) is 0 Å². The Morgan fingerprint density at radius 2 is 2.17 bits per heavy atom. The van der Waals surface area contributed by atoms with Crippen molar-refractivity contribution in [2.75, 3.05) is 6.54 Å². The normalized spacial score (nSPS) is 17.5. The summed E-state index contributed by atoms with van der Waals surface area (Å²) in [7, 11) is 0. The molecular formula is C18H18N4O. The van der Waals surface area contributed by atoms with Gasteiger partial charge in [0.1, 0.15) is 5.82 Å². The quantitative estimate of drug-likeness (QED) is 0.942. The van der Waals surface area contributed by atoms with E-state index in [4.69, 9.17) is 0 Å². The molecular weight excluding hydrogens is 288 g/mol. The van der Waals surface area contributed by atoms with Crippen LogP contribution in [0, 0.1) is 11.3 Å². The van der Waals surface area contributed by atoms with Crippen LogP contribution < -0.4 is 5.56 Å². The number of hydrogen-bond donors (Lipinski definition) is 1. The summed E-state index contributed by atoms with van der Waals surface area (Å²) >= 11 is 0. The minimum Gasteiger partial charge on any atom is -0.310 e. The summed E-state index contributed by atoms with van der Waals surface area (Å²) in [6.45, 7) is 2.16. The highest BCUT2D eigenvalue weighted by Gasteiger charge is 2.29. The van der Waals surface area contributed by atoms with E-state index in [1.807, 2.05) is 24.3 Å². The zero-order valence-electron chi connectivity index (χ0n) is 12.9. The first kappa shape index (κ1) is 14.2. The van der Waals surface area contributed by atoms with Crippen LogP contribution in [0.5, 0.6) is 0 Å². The average Bonchev–Trinajstić information content (AvgIpc) is 3.41. The Hall–Kier alpha value is -2.45. The molecule has 0 atom stereocenters. The molecule has 0 spiro atoms. The lowest BCUT2D eigenvalue weighted by atomic mass is 10.0. The highest BCUT2D eigenvalue weighted by molar-refractivity contribution is 5.37. The standard InChI is InChI=1S/C18H18N4O/c19-9-13-3-1-2-4-14(13)10-22-8-7-16-15(11-22)18(23)21-17(20-16)12-5-6-12/h1-4,12H,5-8,10-11H2,(H,20,21,23). The second kappa shape index (κ2) is 5.64. The number of aromatic amines is 1. The van der Waals surface area contributed by atoms with Gasteiger partial charge in [-0.05, 0) is 24.5 Å². The van der Waals surface area contributed by atoms with Crippen molar-refractivity contribution in [1.82, 2.24) is 14.9 Å². The molecule has 2 aliphatic rings. The number of fused-ring (bicyclic) bond motifs is 1. The maximum atomic E-state index is 12.4. The first-order valence-electron chi connectivity index (χ1n) is 8.07. The Morgan fingerprint density at radius 3 is 2.96 bits per heavy atom. The van der Waals surface area contributed by atoms with Crippen LogP contribution in [0.2, 0.25) is 0 Å². The van der Waals surface area contributed by atoms with E-state index < -0.39 is 0 Å². The largest absolute Gasteiger partial charge is 0.310 e. The number of nitriles is 1. The topological polar surface area (TPSA) is 72.8 Å². The molecule has 0 unspecified atom stereocenters. The molecule has 2 heterocycles. The third kappa shape index (κ3) is 2.78. The Labute approximate surface area is 134 Å². The van der Waals surface area contributed by atoms with Crippen molar-refractivity contribution in [2.45, 2.75) is 38.3 Å². The average molecular weight is 306 g/mol. The second-order valence-electron chi connectivity index (χ2n) is 6.38. The predicted octanol–water partition coefficient (Wildman–Crippen LogP) is 2.08. The molecule has 0 saturated heterocycles. The van der Waals surface area contributed by atoms with Crippen molar-refractivity contribution < 1.29 is 0 Å². The lowest BCUT2D eigenvalue weighted by Crippen LogP contribution is -2.35. The van der Waals surface area contributed by atoms with Crippen molar-refractivity contribution in [3.05, 3.63) is 62.8 Å². The van der Waals surface area contributed by atoms with Crippen LogP contribution in [0.15, 0.2) is 29.1 Å². The number of aromatic nitrogens is 2. The molecule has 1 aliphatic carbocycles. The molecule has 1 aliphatic heterocycles. The van der Waals surface area contributed by atoms with Gasteiger partial charge in [0.25, 0.3) is 5.56 Å². The van der Waals surface area contributed by atoms with E-state index in [1.54, 1.807) is 0 Å². The van der Waals surface area contributed by atoms with Crippen molar-refractivity contribution in [3.63, 3.8) is 0 Å². The van der Waals surface area contributed by atoms with E-state index in [1.165, 1.54) is 0 Å². The number of benzene rings is 1. The van der Waals surface area contributed by atoms with E-state index in [0.29, 0.717) is 24.6 Å². The molecule has 5 heteroatoms. The zero-order chi connectivity index (χ0) is 15.8. The molecule has 1 N–H and O–H groups in total. The first-order valence-corrected chi connectivity index (χ1v) is 8.07. The monoisotopic (exact) mass is 306 g/mol. The van der Waals surface area contributed by atoms with Crippen LogP contribution in [0.3, 0.4) is 0 Å². The summed E-state index contributed by atoms with van der Waals surface area (Å²) in [5.74, 6) is 1.34. The predicted molar refractivity (Wildman–Crippen MR) is 85.8 cm³/mol. The van der Waals surface area contributed by atoms with Crippen molar-refractivity contribution in [2.24, 2.45) is 0 Å². The number of rotatable bonds is 3. The summed E-state index contributed by atoms with van der Waals surface area (Å²) in [6.07, 6.45) is 3.07. The Balaban J connectivity index is 1.57. The van der Waals surface area contributed by atoms with Gasteiger partial charge in [-0.1, -0.05) is 18.2 Å². The number of H-pyrrole nitrogens is 1. The first-order chi connectivity index (χ1) is 11.2. The van der Waals surface area contributed by atoms with E-state index >= 15 is 0 Å². The van der Waals surface area contributed by atoms with Gasteiger partial charge in [-0.15, -0.1) is 0 Å². The lowest BCUT2D eigenvalue weighted by molar-refractivity contribution is 0.241. The van der Waals surface area contributed by atoms with Gasteiger partial charge >= 0.3 is 0 Å². The van der Waals surface area contributed by atoms with Gasteiger partial charge in [0.2, 0.25) is 0 Å². The highest BCUT2D eigenvalue weighted by atomic mass is 16.1. The fourth-order valence-corrected chi connectivity index (χ4v) is 3.19. The van der Waals surface area contributed by atoms with E-state index in [-0.39, 0.29) is 5.56 Å². The van der Waals surface area contributed by atoms with Gasteiger partial charge in [-0.3, -0.25) is 9.69 Å². The third-order valence-corrected chi connectivity index (χ3v) is 4.66. The maximum Gasteiger partial charge on any atom is 0.255 e. The van der Waals surface area contributed by atoms with Gasteiger partial charge in [-0.25, -0.2) is 4.98 Å². The Bertz CT molecular complexity index is 845. The van der Waals surface area contributed by atoms with E-state index in [2.05, 4.69) is 20.9 Å². The molecule has 23 heavy (non-hydrogen) atoms. The molecule has 2 aromatic rings.